The molecule has 1 heterocycles. The summed E-state index contributed by atoms with van der Waals surface area (Å²) in [5.41, 5.74) is 2.39. The van der Waals surface area contributed by atoms with Gasteiger partial charge in [-0.05, 0) is 29.7 Å². The van der Waals surface area contributed by atoms with Gasteiger partial charge in [0, 0.05) is 38.1 Å². The fraction of sp³-hybridized carbons (Fsp3) is 0.304. The van der Waals surface area contributed by atoms with E-state index >= 15 is 0 Å². The lowest BCUT2D eigenvalue weighted by atomic mass is 10.0. The third kappa shape index (κ3) is 4.94. The zero-order valence-electron chi connectivity index (χ0n) is 16.7. The summed E-state index contributed by atoms with van der Waals surface area (Å²) in [4.78, 5) is 16.5. The summed E-state index contributed by atoms with van der Waals surface area (Å²) >= 11 is 0. The van der Waals surface area contributed by atoms with E-state index in [0.717, 1.165) is 11.3 Å². The van der Waals surface area contributed by atoms with Gasteiger partial charge < -0.3 is 15.1 Å². The van der Waals surface area contributed by atoms with E-state index in [4.69, 9.17) is 0 Å². The first kappa shape index (κ1) is 20.4. The molecule has 29 heavy (non-hydrogen) atoms. The molecule has 5 nitrogen and oxygen atoms in total. The molecular weight excluding hydrogens is 367 g/mol. The number of nitrogens with one attached hydrogen (secondary N) is 1. The predicted molar refractivity (Wildman–Crippen MR) is 113 cm³/mol. The number of carbonyl (C=O) groups is 1. The summed E-state index contributed by atoms with van der Waals surface area (Å²) < 4.78 is 14.0. The predicted octanol–water partition coefficient (Wildman–Crippen LogP) is 4.12. The van der Waals surface area contributed by atoms with Crippen molar-refractivity contribution in [1.82, 2.24) is 4.90 Å². The Morgan fingerprint density at radius 2 is 1.76 bits per heavy atom. The molecule has 2 aromatic rings. The van der Waals surface area contributed by atoms with Crippen LogP contribution in [0.1, 0.15) is 25.3 Å². The molecule has 0 aliphatic carbocycles. The molecule has 0 radical (unpaired) electrons. The van der Waals surface area contributed by atoms with Crippen LogP contribution < -0.4 is 10.2 Å². The first-order chi connectivity index (χ1) is 14.0. The highest BCUT2D eigenvalue weighted by molar-refractivity contribution is 6.06. The average Bonchev–Trinajstić information content (AvgIpc) is 2.73. The van der Waals surface area contributed by atoms with Crippen LogP contribution in [0.3, 0.4) is 0 Å². The van der Waals surface area contributed by atoms with Crippen molar-refractivity contribution >= 4 is 17.3 Å². The van der Waals surface area contributed by atoms with Gasteiger partial charge in [-0.1, -0.05) is 44.2 Å². The van der Waals surface area contributed by atoms with Crippen molar-refractivity contribution in [3.05, 3.63) is 71.7 Å². The Kier molecular flexibility index (Phi) is 6.50. The van der Waals surface area contributed by atoms with Crippen LogP contribution in [0.2, 0.25) is 0 Å². The fourth-order valence-electron chi connectivity index (χ4n) is 3.42. The number of hydrogen-bond acceptors (Lipinski definition) is 4. The number of rotatable bonds is 5. The van der Waals surface area contributed by atoms with E-state index in [-0.39, 0.29) is 17.3 Å². The van der Waals surface area contributed by atoms with Gasteiger partial charge in [-0.25, -0.2) is 4.39 Å². The van der Waals surface area contributed by atoms with Gasteiger partial charge in [0.2, 0.25) is 0 Å². The largest absolute Gasteiger partial charge is 0.373 e. The fourth-order valence-corrected chi connectivity index (χ4v) is 3.42. The molecule has 1 fully saturated rings. The molecule has 1 saturated heterocycles. The van der Waals surface area contributed by atoms with Crippen LogP contribution in [0.25, 0.3) is 0 Å². The van der Waals surface area contributed by atoms with Crippen molar-refractivity contribution in [2.75, 3.05) is 36.4 Å². The van der Waals surface area contributed by atoms with E-state index < -0.39 is 5.91 Å². The SMILES string of the molecule is CC(C)c1ccccc1NC(=O)/C(C#N)=C\N1CCN(c2ccccc2F)CC1. The number of nitriles is 1. The van der Waals surface area contributed by atoms with E-state index in [1.54, 1.807) is 18.3 Å². The molecule has 0 bridgehead atoms. The summed E-state index contributed by atoms with van der Waals surface area (Å²) in [5, 5.41) is 12.3. The van der Waals surface area contributed by atoms with Crippen LogP contribution >= 0.6 is 0 Å². The Hall–Kier alpha value is -3.33. The number of carbonyl (C=O) groups excluding carboxylic acids is 1. The Balaban J connectivity index is 1.66. The van der Waals surface area contributed by atoms with Gasteiger partial charge in [-0.2, -0.15) is 5.26 Å². The van der Waals surface area contributed by atoms with Crippen molar-refractivity contribution in [3.8, 4) is 6.07 Å². The molecular formula is C23H25FN4O. The van der Waals surface area contributed by atoms with Gasteiger partial charge in [-0.3, -0.25) is 4.79 Å². The minimum Gasteiger partial charge on any atom is -0.373 e. The average molecular weight is 392 g/mol. The first-order valence-corrected chi connectivity index (χ1v) is 9.75. The summed E-state index contributed by atoms with van der Waals surface area (Å²) in [6.45, 7) is 6.56. The highest BCUT2D eigenvalue weighted by atomic mass is 19.1. The molecule has 0 aromatic heterocycles. The van der Waals surface area contributed by atoms with Gasteiger partial charge in [0.05, 0.1) is 5.69 Å². The van der Waals surface area contributed by atoms with Crippen LogP contribution in [-0.4, -0.2) is 37.0 Å². The first-order valence-electron chi connectivity index (χ1n) is 9.75. The highest BCUT2D eigenvalue weighted by Crippen LogP contribution is 2.24. The molecule has 150 valence electrons. The molecule has 1 aliphatic heterocycles. The van der Waals surface area contributed by atoms with E-state index in [1.165, 1.54) is 6.07 Å². The summed E-state index contributed by atoms with van der Waals surface area (Å²) in [5.74, 6) is -0.401. The minimum absolute atomic E-state index is 0.0582. The zero-order valence-corrected chi connectivity index (χ0v) is 16.7. The maximum atomic E-state index is 14.0. The lowest BCUT2D eigenvalue weighted by Crippen LogP contribution is -2.44. The number of benzene rings is 2. The second-order valence-corrected chi connectivity index (χ2v) is 7.33. The number of piperazine rings is 1. The Labute approximate surface area is 171 Å². The molecule has 1 aliphatic rings. The summed E-state index contributed by atoms with van der Waals surface area (Å²) in [7, 11) is 0. The standard InChI is InChI=1S/C23H25FN4O/c1-17(2)19-7-3-5-9-21(19)26-23(29)18(15-25)16-27-11-13-28(14-12-27)22-10-6-4-8-20(22)24/h3-10,16-17H,11-14H2,1-2H3,(H,26,29)/b18-16-. The molecule has 0 unspecified atom stereocenters. The molecule has 3 rings (SSSR count). The van der Waals surface area contributed by atoms with Crippen LogP contribution in [0, 0.1) is 17.1 Å². The van der Waals surface area contributed by atoms with Gasteiger partial charge in [0.15, 0.2) is 0 Å². The smallest absolute Gasteiger partial charge is 0.267 e. The van der Waals surface area contributed by atoms with E-state index in [0.29, 0.717) is 31.9 Å². The molecule has 1 N–H and O–H groups in total. The molecule has 0 atom stereocenters. The number of nitrogens with zero attached hydrogens (tertiary/aromatic N) is 3. The Bertz CT molecular complexity index is 940. The lowest BCUT2D eigenvalue weighted by Gasteiger charge is -2.35. The van der Waals surface area contributed by atoms with Crippen LogP contribution in [-0.2, 0) is 4.79 Å². The van der Waals surface area contributed by atoms with Crippen molar-refractivity contribution < 1.29 is 9.18 Å². The number of anilines is 2. The van der Waals surface area contributed by atoms with Crippen LogP contribution in [0.4, 0.5) is 15.8 Å². The summed E-state index contributed by atoms with van der Waals surface area (Å²) in [6.07, 6.45) is 1.60. The van der Waals surface area contributed by atoms with Gasteiger partial charge in [-0.15, -0.1) is 0 Å². The Morgan fingerprint density at radius 3 is 2.41 bits per heavy atom. The molecule has 1 amide bonds. The van der Waals surface area contributed by atoms with Crippen molar-refractivity contribution in [1.29, 1.82) is 5.26 Å². The third-order valence-corrected chi connectivity index (χ3v) is 5.02. The van der Waals surface area contributed by atoms with E-state index in [1.807, 2.05) is 46.2 Å². The number of amides is 1. The van der Waals surface area contributed by atoms with Gasteiger partial charge >= 0.3 is 0 Å². The van der Waals surface area contributed by atoms with Crippen LogP contribution in [0.5, 0.6) is 0 Å². The second-order valence-electron chi connectivity index (χ2n) is 7.33. The number of halogens is 1. The normalized spacial score (nSPS) is 14.7. The van der Waals surface area contributed by atoms with Crippen LogP contribution in [0.15, 0.2) is 60.3 Å². The van der Waals surface area contributed by atoms with Crippen molar-refractivity contribution in [3.63, 3.8) is 0 Å². The number of hydrogen-bond donors (Lipinski definition) is 1. The molecule has 0 spiro atoms. The molecule has 6 heteroatoms. The second kappa shape index (κ2) is 9.24. The Morgan fingerprint density at radius 1 is 1.10 bits per heavy atom. The highest BCUT2D eigenvalue weighted by Gasteiger charge is 2.20. The molecule has 2 aromatic carbocycles. The third-order valence-electron chi connectivity index (χ3n) is 5.02. The topological polar surface area (TPSA) is 59.4 Å². The quantitative estimate of drug-likeness (QED) is 0.614. The zero-order chi connectivity index (χ0) is 20.8. The summed E-state index contributed by atoms with van der Waals surface area (Å²) in [6, 6.07) is 16.3. The van der Waals surface area contributed by atoms with E-state index in [2.05, 4.69) is 19.2 Å². The maximum absolute atomic E-state index is 14.0. The van der Waals surface area contributed by atoms with Gasteiger partial charge in [0.1, 0.15) is 17.5 Å². The van der Waals surface area contributed by atoms with E-state index in [9.17, 15) is 14.4 Å². The number of para-hydroxylation sites is 2. The lowest BCUT2D eigenvalue weighted by molar-refractivity contribution is -0.112. The van der Waals surface area contributed by atoms with Crippen molar-refractivity contribution in [2.45, 2.75) is 19.8 Å². The molecule has 0 saturated carbocycles. The van der Waals surface area contributed by atoms with Gasteiger partial charge in [0.25, 0.3) is 5.91 Å². The monoisotopic (exact) mass is 392 g/mol. The van der Waals surface area contributed by atoms with Crippen molar-refractivity contribution in [2.24, 2.45) is 0 Å². The minimum atomic E-state index is -0.419. The maximum Gasteiger partial charge on any atom is 0.267 e.